The van der Waals surface area contributed by atoms with Gasteiger partial charge in [-0.2, -0.15) is 5.10 Å². The highest BCUT2D eigenvalue weighted by atomic mass is 32.1. The third-order valence-electron chi connectivity index (χ3n) is 2.91. The molecule has 0 saturated heterocycles. The first kappa shape index (κ1) is 13.5. The molecule has 4 nitrogen and oxygen atoms in total. The van der Waals surface area contributed by atoms with Crippen LogP contribution in [-0.4, -0.2) is 27.9 Å². The number of hydrogen-bond acceptors (Lipinski definition) is 3. The fourth-order valence-corrected chi connectivity index (χ4v) is 2.00. The summed E-state index contributed by atoms with van der Waals surface area (Å²) in [5.41, 5.74) is 6.78. The number of benzene rings is 1. The lowest BCUT2D eigenvalue weighted by Crippen LogP contribution is -2.30. The van der Waals surface area contributed by atoms with E-state index in [9.17, 15) is 0 Å². The van der Waals surface area contributed by atoms with Crippen molar-refractivity contribution < 1.29 is 0 Å². The standard InChI is InChI=1S/C14H18N4S/c15-14(19)7-10-17(13-5-2-1-3-6-13)11-12-18-9-4-8-16-18/h1-6,8-9H,7,10-12H2,(H2,15,19). The van der Waals surface area contributed by atoms with E-state index in [1.807, 2.05) is 35.1 Å². The summed E-state index contributed by atoms with van der Waals surface area (Å²) in [6.45, 7) is 2.56. The Morgan fingerprint density at radius 3 is 2.63 bits per heavy atom. The molecule has 0 aliphatic rings. The molecule has 0 atom stereocenters. The smallest absolute Gasteiger partial charge is 0.0745 e. The molecule has 0 radical (unpaired) electrons. The van der Waals surface area contributed by atoms with E-state index in [0.29, 0.717) is 4.99 Å². The molecule has 0 saturated carbocycles. The zero-order chi connectivity index (χ0) is 13.5. The van der Waals surface area contributed by atoms with Crippen LogP contribution in [0, 0.1) is 0 Å². The Bertz CT molecular complexity index is 495. The minimum atomic E-state index is 0.556. The molecule has 1 aromatic heterocycles. The van der Waals surface area contributed by atoms with Crippen LogP contribution in [0.4, 0.5) is 5.69 Å². The molecule has 0 amide bonds. The van der Waals surface area contributed by atoms with Gasteiger partial charge in [-0.3, -0.25) is 4.68 Å². The molecule has 0 aliphatic heterocycles. The van der Waals surface area contributed by atoms with Gasteiger partial charge in [0.05, 0.1) is 11.5 Å². The summed E-state index contributed by atoms with van der Waals surface area (Å²) in [5, 5.41) is 4.22. The van der Waals surface area contributed by atoms with Crippen LogP contribution in [0.2, 0.25) is 0 Å². The Balaban J connectivity index is 1.99. The SMILES string of the molecule is NC(=S)CCN(CCn1cccn1)c1ccccc1. The molecular weight excluding hydrogens is 256 g/mol. The Labute approximate surface area is 118 Å². The molecule has 1 aromatic carbocycles. The highest BCUT2D eigenvalue weighted by Gasteiger charge is 2.06. The summed E-state index contributed by atoms with van der Waals surface area (Å²) in [7, 11) is 0. The average Bonchev–Trinajstić information content (AvgIpc) is 2.93. The maximum Gasteiger partial charge on any atom is 0.0745 e. The highest BCUT2D eigenvalue weighted by molar-refractivity contribution is 7.80. The largest absolute Gasteiger partial charge is 0.393 e. The van der Waals surface area contributed by atoms with Gasteiger partial charge in [0.2, 0.25) is 0 Å². The van der Waals surface area contributed by atoms with Crippen molar-refractivity contribution in [1.29, 1.82) is 0 Å². The summed E-state index contributed by atoms with van der Waals surface area (Å²) in [6.07, 6.45) is 4.49. The van der Waals surface area contributed by atoms with E-state index in [4.69, 9.17) is 18.0 Å². The molecule has 0 bridgehead atoms. The number of aromatic nitrogens is 2. The van der Waals surface area contributed by atoms with E-state index >= 15 is 0 Å². The molecule has 2 aromatic rings. The van der Waals surface area contributed by atoms with Gasteiger partial charge in [0.25, 0.3) is 0 Å². The second-order valence-electron chi connectivity index (χ2n) is 4.31. The van der Waals surface area contributed by atoms with Gasteiger partial charge in [-0.1, -0.05) is 30.4 Å². The predicted octanol–water partition coefficient (Wildman–Crippen LogP) is 2.07. The first-order valence-electron chi connectivity index (χ1n) is 6.31. The maximum atomic E-state index is 5.60. The summed E-state index contributed by atoms with van der Waals surface area (Å²) >= 11 is 4.96. The first-order chi connectivity index (χ1) is 9.25. The van der Waals surface area contributed by atoms with Gasteiger partial charge < -0.3 is 10.6 Å². The lowest BCUT2D eigenvalue weighted by atomic mass is 10.2. The molecule has 0 unspecified atom stereocenters. The van der Waals surface area contributed by atoms with Crippen LogP contribution in [-0.2, 0) is 6.54 Å². The van der Waals surface area contributed by atoms with Gasteiger partial charge >= 0.3 is 0 Å². The van der Waals surface area contributed by atoms with E-state index in [0.717, 1.165) is 26.1 Å². The normalized spacial score (nSPS) is 10.3. The molecule has 0 fully saturated rings. The molecule has 5 heteroatoms. The summed E-state index contributed by atoms with van der Waals surface area (Å²) < 4.78 is 1.93. The lowest BCUT2D eigenvalue weighted by molar-refractivity contribution is 0.597. The van der Waals surface area contributed by atoms with Crippen molar-refractivity contribution >= 4 is 22.9 Å². The Morgan fingerprint density at radius 2 is 2.00 bits per heavy atom. The van der Waals surface area contributed by atoms with Crippen molar-refractivity contribution in [3.63, 3.8) is 0 Å². The number of anilines is 1. The third kappa shape index (κ3) is 4.37. The lowest BCUT2D eigenvalue weighted by Gasteiger charge is -2.24. The molecule has 0 aliphatic carbocycles. The minimum Gasteiger partial charge on any atom is -0.393 e. The van der Waals surface area contributed by atoms with E-state index in [1.54, 1.807) is 6.20 Å². The zero-order valence-corrected chi connectivity index (χ0v) is 11.6. The minimum absolute atomic E-state index is 0.556. The van der Waals surface area contributed by atoms with Crippen LogP contribution >= 0.6 is 12.2 Å². The van der Waals surface area contributed by atoms with Gasteiger partial charge in [-0.15, -0.1) is 0 Å². The van der Waals surface area contributed by atoms with Gasteiger partial charge in [-0.25, -0.2) is 0 Å². The second kappa shape index (κ2) is 6.89. The first-order valence-corrected chi connectivity index (χ1v) is 6.72. The molecule has 2 N–H and O–H groups in total. The van der Waals surface area contributed by atoms with Gasteiger partial charge in [0.15, 0.2) is 0 Å². The van der Waals surface area contributed by atoms with Crippen molar-refractivity contribution in [2.45, 2.75) is 13.0 Å². The van der Waals surface area contributed by atoms with Crippen LogP contribution in [0.1, 0.15) is 6.42 Å². The molecule has 1 heterocycles. The van der Waals surface area contributed by atoms with E-state index in [1.165, 1.54) is 5.69 Å². The number of hydrogen-bond donors (Lipinski definition) is 1. The van der Waals surface area contributed by atoms with E-state index in [-0.39, 0.29) is 0 Å². The fraction of sp³-hybridized carbons (Fsp3) is 0.286. The van der Waals surface area contributed by atoms with Gasteiger partial charge in [0.1, 0.15) is 0 Å². The molecule has 0 spiro atoms. The quantitative estimate of drug-likeness (QED) is 0.785. The highest BCUT2D eigenvalue weighted by Crippen LogP contribution is 2.13. The number of nitrogens with two attached hydrogens (primary N) is 1. The van der Waals surface area contributed by atoms with Gasteiger partial charge in [0, 0.05) is 37.6 Å². The van der Waals surface area contributed by atoms with Crippen LogP contribution in [0.25, 0.3) is 0 Å². The van der Waals surface area contributed by atoms with E-state index in [2.05, 4.69) is 22.1 Å². The fourth-order valence-electron chi connectivity index (χ4n) is 1.91. The zero-order valence-electron chi connectivity index (χ0n) is 10.8. The Hall–Kier alpha value is -1.88. The van der Waals surface area contributed by atoms with Gasteiger partial charge in [-0.05, 0) is 18.2 Å². The number of nitrogens with zero attached hydrogens (tertiary/aromatic N) is 3. The van der Waals surface area contributed by atoms with Crippen molar-refractivity contribution in [3.8, 4) is 0 Å². The van der Waals surface area contributed by atoms with Crippen molar-refractivity contribution in [3.05, 3.63) is 48.8 Å². The van der Waals surface area contributed by atoms with E-state index < -0.39 is 0 Å². The summed E-state index contributed by atoms with van der Waals surface area (Å²) in [4.78, 5) is 2.83. The molecule has 2 rings (SSSR count). The topological polar surface area (TPSA) is 47.1 Å². The third-order valence-corrected chi connectivity index (χ3v) is 3.11. The number of para-hydroxylation sites is 1. The van der Waals surface area contributed by atoms with Crippen molar-refractivity contribution in [1.82, 2.24) is 9.78 Å². The van der Waals surface area contributed by atoms with Crippen LogP contribution in [0.15, 0.2) is 48.8 Å². The molecular formula is C14H18N4S. The summed E-state index contributed by atoms with van der Waals surface area (Å²) in [6, 6.07) is 12.2. The molecule has 100 valence electrons. The number of thiocarbonyl (C=S) groups is 1. The average molecular weight is 274 g/mol. The monoisotopic (exact) mass is 274 g/mol. The van der Waals surface area contributed by atoms with Crippen LogP contribution < -0.4 is 10.6 Å². The number of rotatable bonds is 7. The summed E-state index contributed by atoms with van der Waals surface area (Å²) in [5.74, 6) is 0. The van der Waals surface area contributed by atoms with Crippen LogP contribution in [0.3, 0.4) is 0 Å². The van der Waals surface area contributed by atoms with Crippen molar-refractivity contribution in [2.75, 3.05) is 18.0 Å². The maximum absolute atomic E-state index is 5.60. The Kier molecular flexibility index (Phi) is 4.92. The molecule has 19 heavy (non-hydrogen) atoms. The van der Waals surface area contributed by atoms with Crippen molar-refractivity contribution in [2.24, 2.45) is 5.73 Å². The van der Waals surface area contributed by atoms with Crippen LogP contribution in [0.5, 0.6) is 0 Å². The predicted molar refractivity (Wildman–Crippen MR) is 82.3 cm³/mol. The Morgan fingerprint density at radius 1 is 1.21 bits per heavy atom. The second-order valence-corrected chi connectivity index (χ2v) is 4.83.